The van der Waals surface area contributed by atoms with Crippen LogP contribution in [-0.2, 0) is 9.59 Å². The minimum Gasteiger partial charge on any atom is -0.490 e. The summed E-state index contributed by atoms with van der Waals surface area (Å²) in [4.78, 5) is 19.1. The van der Waals surface area contributed by atoms with Crippen molar-refractivity contribution in [1.82, 2.24) is 5.32 Å². The highest BCUT2D eigenvalue weighted by atomic mass is 16.5. The lowest BCUT2D eigenvalue weighted by molar-refractivity contribution is -0.134. The number of carbonyl (C=O) groups is 2. The predicted molar refractivity (Wildman–Crippen MR) is 85.3 cm³/mol. The van der Waals surface area contributed by atoms with Crippen LogP contribution in [0.15, 0.2) is 36.4 Å². The molecular formula is C16H21NO7. The molecule has 0 saturated carbocycles. The highest BCUT2D eigenvalue weighted by molar-refractivity contribution is 5.89. The summed E-state index contributed by atoms with van der Waals surface area (Å²) in [6.07, 6.45) is 0.473. The molecule has 0 radical (unpaired) electrons. The van der Waals surface area contributed by atoms with Gasteiger partial charge in [0.05, 0.1) is 6.61 Å². The minimum atomic E-state index is -1.26. The topological polar surface area (TPSA) is 125 Å². The number of aliphatic carboxylic acids is 2. The molecule has 1 aliphatic heterocycles. The van der Waals surface area contributed by atoms with E-state index in [4.69, 9.17) is 19.7 Å². The normalized spacial score (nSPS) is 19.4. The molecule has 24 heavy (non-hydrogen) atoms. The third-order valence-corrected chi connectivity index (χ3v) is 2.92. The van der Waals surface area contributed by atoms with Gasteiger partial charge in [-0.15, -0.1) is 0 Å². The molecule has 2 atom stereocenters. The van der Waals surface area contributed by atoms with Gasteiger partial charge in [-0.3, -0.25) is 0 Å². The smallest absolute Gasteiger partial charge is 0.328 e. The maximum absolute atomic E-state index is 9.64. The summed E-state index contributed by atoms with van der Waals surface area (Å²) in [6, 6.07) is 7.53. The van der Waals surface area contributed by atoms with Crippen LogP contribution in [0.25, 0.3) is 0 Å². The van der Waals surface area contributed by atoms with Gasteiger partial charge < -0.3 is 30.1 Å². The second-order valence-corrected chi connectivity index (χ2v) is 4.77. The van der Waals surface area contributed by atoms with E-state index in [0.29, 0.717) is 37.6 Å². The van der Waals surface area contributed by atoms with Crippen molar-refractivity contribution in [3.63, 3.8) is 0 Å². The number of hydrogen-bond donors (Lipinski definition) is 4. The lowest BCUT2D eigenvalue weighted by atomic mass is 10.2. The van der Waals surface area contributed by atoms with Crippen molar-refractivity contribution in [2.24, 2.45) is 0 Å². The van der Waals surface area contributed by atoms with Crippen LogP contribution >= 0.6 is 0 Å². The summed E-state index contributed by atoms with van der Waals surface area (Å²) in [7, 11) is 0. The zero-order chi connectivity index (χ0) is 17.9. The Balaban J connectivity index is 0.000000307. The lowest BCUT2D eigenvalue weighted by Crippen LogP contribution is -2.29. The number of aliphatic hydroxyl groups excluding tert-OH is 1. The first-order valence-corrected chi connectivity index (χ1v) is 7.35. The standard InChI is InChI=1S/C12H17NO3.C4H4O4/c1-2-15-10-5-3-4-6-11(10)16-12-8-13-7-9(12)14;5-3(6)1-2-4(7)8/h3-6,9,12-14H,2,7-8H2,1H3;1-2H,(H,5,6)(H,7,8)/b;2-1+/t9-,12-;/m0./s1. The van der Waals surface area contributed by atoms with Crippen molar-refractivity contribution in [2.45, 2.75) is 19.1 Å². The summed E-state index contributed by atoms with van der Waals surface area (Å²) in [5.74, 6) is -1.10. The second-order valence-electron chi connectivity index (χ2n) is 4.77. The van der Waals surface area contributed by atoms with Crippen LogP contribution in [0, 0.1) is 0 Å². The molecule has 0 unspecified atom stereocenters. The average Bonchev–Trinajstić information content (AvgIpc) is 2.93. The first-order chi connectivity index (χ1) is 11.4. The summed E-state index contributed by atoms with van der Waals surface area (Å²) >= 11 is 0. The van der Waals surface area contributed by atoms with Crippen LogP contribution in [0.5, 0.6) is 11.5 Å². The van der Waals surface area contributed by atoms with Crippen LogP contribution in [-0.4, -0.2) is 59.2 Å². The molecule has 0 aromatic heterocycles. The number of β-amino-alcohol motifs (C(OH)–C–C–N with tert-alkyl or cyclic N) is 1. The number of carboxylic acids is 2. The van der Waals surface area contributed by atoms with E-state index >= 15 is 0 Å². The molecule has 1 aliphatic rings. The third-order valence-electron chi connectivity index (χ3n) is 2.92. The number of hydrogen-bond acceptors (Lipinski definition) is 6. The van der Waals surface area contributed by atoms with Gasteiger partial charge in [-0.1, -0.05) is 12.1 Å². The van der Waals surface area contributed by atoms with E-state index in [1.165, 1.54) is 0 Å². The molecule has 1 aromatic rings. The molecule has 8 nitrogen and oxygen atoms in total. The van der Waals surface area contributed by atoms with Crippen LogP contribution in [0.4, 0.5) is 0 Å². The Labute approximate surface area is 139 Å². The Bertz CT molecular complexity index is 557. The van der Waals surface area contributed by atoms with Crippen molar-refractivity contribution in [3.8, 4) is 11.5 Å². The van der Waals surface area contributed by atoms with Crippen molar-refractivity contribution in [3.05, 3.63) is 36.4 Å². The van der Waals surface area contributed by atoms with Gasteiger partial charge in [0.2, 0.25) is 0 Å². The summed E-state index contributed by atoms with van der Waals surface area (Å²) in [5.41, 5.74) is 0. The van der Waals surface area contributed by atoms with Crippen molar-refractivity contribution in [2.75, 3.05) is 19.7 Å². The summed E-state index contributed by atoms with van der Waals surface area (Å²) in [6.45, 7) is 3.79. The van der Waals surface area contributed by atoms with E-state index in [1.807, 2.05) is 31.2 Å². The molecule has 8 heteroatoms. The molecule has 0 amide bonds. The number of para-hydroxylation sites is 2. The molecule has 0 spiro atoms. The van der Waals surface area contributed by atoms with E-state index in [9.17, 15) is 14.7 Å². The number of nitrogens with one attached hydrogen (secondary N) is 1. The van der Waals surface area contributed by atoms with Gasteiger partial charge in [0.25, 0.3) is 0 Å². The second kappa shape index (κ2) is 10.2. The van der Waals surface area contributed by atoms with E-state index < -0.39 is 18.0 Å². The van der Waals surface area contributed by atoms with Crippen LogP contribution < -0.4 is 14.8 Å². The zero-order valence-electron chi connectivity index (χ0n) is 13.2. The lowest BCUT2D eigenvalue weighted by Gasteiger charge is -2.18. The first kappa shape index (κ1) is 19.5. The highest BCUT2D eigenvalue weighted by Crippen LogP contribution is 2.28. The molecule has 1 aromatic carbocycles. The number of benzene rings is 1. The van der Waals surface area contributed by atoms with E-state index in [2.05, 4.69) is 5.32 Å². The third kappa shape index (κ3) is 7.12. The van der Waals surface area contributed by atoms with Gasteiger partial charge in [0.15, 0.2) is 11.5 Å². The fourth-order valence-electron chi connectivity index (χ4n) is 1.89. The Morgan fingerprint density at radius 2 is 1.75 bits per heavy atom. The molecule has 0 aliphatic carbocycles. The molecule has 2 rings (SSSR count). The quantitative estimate of drug-likeness (QED) is 0.552. The molecule has 132 valence electrons. The fourth-order valence-corrected chi connectivity index (χ4v) is 1.89. The molecule has 1 fully saturated rings. The Hall–Kier alpha value is -2.58. The Morgan fingerprint density at radius 1 is 1.17 bits per heavy atom. The maximum atomic E-state index is 9.64. The monoisotopic (exact) mass is 339 g/mol. The van der Waals surface area contributed by atoms with E-state index in [-0.39, 0.29) is 6.10 Å². The first-order valence-electron chi connectivity index (χ1n) is 7.35. The van der Waals surface area contributed by atoms with Gasteiger partial charge in [-0.2, -0.15) is 0 Å². The number of carboxylic acid groups (broad SMARTS) is 2. The SMILES string of the molecule is CCOc1ccccc1O[C@H]1CNC[C@@H]1O.O=C(O)/C=C/C(=O)O. The Kier molecular flexibility index (Phi) is 8.31. The number of rotatable bonds is 6. The maximum Gasteiger partial charge on any atom is 0.328 e. The number of ether oxygens (including phenoxy) is 2. The van der Waals surface area contributed by atoms with Gasteiger partial charge >= 0.3 is 11.9 Å². The van der Waals surface area contributed by atoms with Crippen molar-refractivity contribution in [1.29, 1.82) is 0 Å². The Morgan fingerprint density at radius 3 is 2.21 bits per heavy atom. The van der Waals surface area contributed by atoms with Crippen molar-refractivity contribution < 1.29 is 34.4 Å². The molecule has 1 heterocycles. The van der Waals surface area contributed by atoms with E-state index in [0.717, 1.165) is 5.75 Å². The molecule has 1 saturated heterocycles. The van der Waals surface area contributed by atoms with Crippen molar-refractivity contribution >= 4 is 11.9 Å². The summed E-state index contributed by atoms with van der Waals surface area (Å²) in [5, 5.41) is 28.3. The van der Waals surface area contributed by atoms with Crippen LogP contribution in [0.3, 0.4) is 0 Å². The fraction of sp³-hybridized carbons (Fsp3) is 0.375. The molecule has 4 N–H and O–H groups in total. The highest BCUT2D eigenvalue weighted by Gasteiger charge is 2.27. The predicted octanol–water partition coefficient (Wildman–Crippen LogP) is 0.509. The van der Waals surface area contributed by atoms with E-state index in [1.54, 1.807) is 0 Å². The van der Waals surface area contributed by atoms with Gasteiger partial charge in [0, 0.05) is 25.2 Å². The van der Waals surface area contributed by atoms with Crippen LogP contribution in [0.2, 0.25) is 0 Å². The number of aliphatic hydroxyl groups is 1. The molecule has 0 bridgehead atoms. The minimum absolute atomic E-state index is 0.193. The van der Waals surface area contributed by atoms with Gasteiger partial charge in [0.1, 0.15) is 12.2 Å². The molecular weight excluding hydrogens is 318 g/mol. The van der Waals surface area contributed by atoms with Gasteiger partial charge in [-0.05, 0) is 19.1 Å². The zero-order valence-corrected chi connectivity index (χ0v) is 13.2. The average molecular weight is 339 g/mol. The largest absolute Gasteiger partial charge is 0.490 e. The van der Waals surface area contributed by atoms with Crippen LogP contribution in [0.1, 0.15) is 6.92 Å². The summed E-state index contributed by atoms with van der Waals surface area (Å²) < 4.78 is 11.2. The van der Waals surface area contributed by atoms with Gasteiger partial charge in [-0.25, -0.2) is 9.59 Å².